The smallest absolute Gasteiger partial charge is 0.159 e. The summed E-state index contributed by atoms with van der Waals surface area (Å²) >= 11 is 1.59. The highest BCUT2D eigenvalue weighted by molar-refractivity contribution is 8.15. The summed E-state index contributed by atoms with van der Waals surface area (Å²) in [4.78, 5) is 6.31. The van der Waals surface area contributed by atoms with E-state index in [0.717, 1.165) is 5.17 Å². The van der Waals surface area contributed by atoms with E-state index in [1.807, 2.05) is 19.0 Å². The fourth-order valence-corrected chi connectivity index (χ4v) is 5.25. The highest BCUT2D eigenvalue weighted by atomic mass is 32.2. The first-order valence-electron chi connectivity index (χ1n) is 4.10. The number of fused-ring (bicyclic) bond motifs is 1. The number of thioether (sulfide) groups is 1. The number of rotatable bonds is 0. The molecule has 4 nitrogen and oxygen atoms in total. The highest BCUT2D eigenvalue weighted by Crippen LogP contribution is 2.34. The van der Waals surface area contributed by atoms with Crippen LogP contribution in [0.15, 0.2) is 4.99 Å². The molecule has 1 saturated heterocycles. The zero-order valence-electron chi connectivity index (χ0n) is 7.60. The molecule has 0 aromatic heterocycles. The predicted molar refractivity (Wildman–Crippen MR) is 54.9 cm³/mol. The van der Waals surface area contributed by atoms with Gasteiger partial charge in [-0.2, -0.15) is 0 Å². The van der Waals surface area contributed by atoms with E-state index in [9.17, 15) is 8.42 Å². The standard InChI is InChI=1S/C7H12N2O2S2/c1-9(2)7-8-5-3-13(10,11)4-6(5)12-7/h5-6H,3-4H2,1-2H3/t5-,6+/m0/s1. The maximum absolute atomic E-state index is 11.2. The molecule has 2 aliphatic heterocycles. The summed E-state index contributed by atoms with van der Waals surface area (Å²) in [6, 6.07) is 0.00685. The zero-order valence-corrected chi connectivity index (χ0v) is 9.23. The van der Waals surface area contributed by atoms with Crippen LogP contribution in [0.3, 0.4) is 0 Å². The minimum Gasteiger partial charge on any atom is -0.358 e. The SMILES string of the molecule is CN(C)C1=N[C@H]2CS(=O)(=O)C[C@H]2S1. The monoisotopic (exact) mass is 220 g/mol. The second-order valence-electron chi connectivity index (χ2n) is 3.61. The molecule has 0 bridgehead atoms. The Labute approximate surface area is 82.3 Å². The van der Waals surface area contributed by atoms with Crippen LogP contribution >= 0.6 is 11.8 Å². The van der Waals surface area contributed by atoms with E-state index in [0.29, 0.717) is 5.75 Å². The Morgan fingerprint density at radius 3 is 2.69 bits per heavy atom. The van der Waals surface area contributed by atoms with Crippen LogP contribution in [0.2, 0.25) is 0 Å². The van der Waals surface area contributed by atoms with Crippen molar-refractivity contribution < 1.29 is 8.42 Å². The van der Waals surface area contributed by atoms with E-state index in [1.54, 1.807) is 11.8 Å². The lowest BCUT2D eigenvalue weighted by Crippen LogP contribution is -2.18. The van der Waals surface area contributed by atoms with Gasteiger partial charge in [-0.1, -0.05) is 11.8 Å². The first-order chi connectivity index (χ1) is 5.98. The average molecular weight is 220 g/mol. The lowest BCUT2D eigenvalue weighted by molar-refractivity contribution is 0.600. The third-order valence-electron chi connectivity index (χ3n) is 2.19. The lowest BCUT2D eigenvalue weighted by atomic mass is 10.3. The molecule has 2 aliphatic rings. The van der Waals surface area contributed by atoms with Crippen molar-refractivity contribution >= 4 is 26.8 Å². The van der Waals surface area contributed by atoms with E-state index in [4.69, 9.17) is 0 Å². The zero-order chi connectivity index (χ0) is 9.64. The minimum atomic E-state index is -2.80. The fourth-order valence-electron chi connectivity index (χ4n) is 1.56. The predicted octanol–water partition coefficient (Wildman–Crippen LogP) is -0.184. The van der Waals surface area contributed by atoms with Crippen molar-refractivity contribution in [2.75, 3.05) is 25.6 Å². The number of nitrogens with zero attached hydrogens (tertiary/aromatic N) is 2. The van der Waals surface area contributed by atoms with Gasteiger partial charge in [-0.25, -0.2) is 8.42 Å². The Morgan fingerprint density at radius 2 is 2.15 bits per heavy atom. The molecule has 2 heterocycles. The summed E-state index contributed by atoms with van der Waals surface area (Å²) in [6.45, 7) is 0. The number of hydrogen-bond donors (Lipinski definition) is 0. The van der Waals surface area contributed by atoms with Gasteiger partial charge in [0, 0.05) is 19.3 Å². The maximum atomic E-state index is 11.2. The van der Waals surface area contributed by atoms with E-state index in [1.165, 1.54) is 0 Å². The second kappa shape index (κ2) is 2.88. The highest BCUT2D eigenvalue weighted by Gasteiger charge is 2.42. The van der Waals surface area contributed by atoms with Crippen molar-refractivity contribution in [3.05, 3.63) is 0 Å². The van der Waals surface area contributed by atoms with E-state index >= 15 is 0 Å². The van der Waals surface area contributed by atoms with Crippen LogP contribution in [0.1, 0.15) is 0 Å². The molecule has 74 valence electrons. The van der Waals surface area contributed by atoms with Crippen LogP contribution in [0.25, 0.3) is 0 Å². The number of hydrogen-bond acceptors (Lipinski definition) is 5. The van der Waals surface area contributed by atoms with Gasteiger partial charge in [0.15, 0.2) is 15.0 Å². The van der Waals surface area contributed by atoms with Crippen molar-refractivity contribution in [3.8, 4) is 0 Å². The Bertz CT molecular complexity index is 348. The van der Waals surface area contributed by atoms with Crippen LogP contribution in [-0.2, 0) is 9.84 Å². The molecule has 6 heteroatoms. The van der Waals surface area contributed by atoms with Crippen LogP contribution in [0, 0.1) is 0 Å². The first kappa shape index (κ1) is 9.33. The molecule has 2 atom stereocenters. The van der Waals surface area contributed by atoms with Crippen LogP contribution < -0.4 is 0 Å². The largest absolute Gasteiger partial charge is 0.358 e. The lowest BCUT2D eigenvalue weighted by Gasteiger charge is -2.11. The van der Waals surface area contributed by atoms with Crippen molar-refractivity contribution in [2.45, 2.75) is 11.3 Å². The molecule has 0 saturated carbocycles. The van der Waals surface area contributed by atoms with Crippen LogP contribution in [-0.4, -0.2) is 55.4 Å². The molecule has 1 fully saturated rings. The van der Waals surface area contributed by atoms with E-state index < -0.39 is 9.84 Å². The molecule has 0 unspecified atom stereocenters. The summed E-state index contributed by atoms with van der Waals surface area (Å²) in [6.07, 6.45) is 0. The third-order valence-corrected chi connectivity index (χ3v) is 5.58. The Hall–Kier alpha value is -0.230. The molecule has 0 amide bonds. The quantitative estimate of drug-likeness (QED) is 0.568. The van der Waals surface area contributed by atoms with Gasteiger partial charge in [0.25, 0.3) is 0 Å². The van der Waals surface area contributed by atoms with Crippen LogP contribution in [0.5, 0.6) is 0 Å². The van der Waals surface area contributed by atoms with Gasteiger partial charge in [-0.05, 0) is 0 Å². The normalized spacial score (nSPS) is 35.7. The van der Waals surface area contributed by atoms with Gasteiger partial charge in [0.05, 0.1) is 17.5 Å². The first-order valence-corrected chi connectivity index (χ1v) is 6.80. The van der Waals surface area contributed by atoms with Crippen molar-refractivity contribution in [1.82, 2.24) is 4.90 Å². The molecule has 0 aromatic carbocycles. The summed E-state index contributed by atoms with van der Waals surface area (Å²) in [5.74, 6) is 0.533. The van der Waals surface area contributed by atoms with Crippen molar-refractivity contribution in [3.63, 3.8) is 0 Å². The van der Waals surface area contributed by atoms with E-state index in [-0.39, 0.29) is 17.0 Å². The molecule has 2 rings (SSSR count). The summed E-state index contributed by atoms with van der Waals surface area (Å²) in [7, 11) is 1.06. The van der Waals surface area contributed by atoms with Crippen LogP contribution in [0.4, 0.5) is 0 Å². The topological polar surface area (TPSA) is 49.7 Å². The van der Waals surface area contributed by atoms with Crippen molar-refractivity contribution in [1.29, 1.82) is 0 Å². The summed E-state index contributed by atoms with van der Waals surface area (Å²) in [5.41, 5.74) is 0. The summed E-state index contributed by atoms with van der Waals surface area (Å²) < 4.78 is 22.4. The Kier molecular flexibility index (Phi) is 2.07. The van der Waals surface area contributed by atoms with Gasteiger partial charge in [-0.15, -0.1) is 0 Å². The fraction of sp³-hybridized carbons (Fsp3) is 0.857. The van der Waals surface area contributed by atoms with Gasteiger partial charge < -0.3 is 4.90 Å². The minimum absolute atomic E-state index is 0.00685. The maximum Gasteiger partial charge on any atom is 0.159 e. The molecule has 0 aromatic rings. The molecule has 0 spiro atoms. The molecular weight excluding hydrogens is 208 g/mol. The molecule has 0 aliphatic carbocycles. The van der Waals surface area contributed by atoms with E-state index in [2.05, 4.69) is 4.99 Å². The van der Waals surface area contributed by atoms with Gasteiger partial charge >= 0.3 is 0 Å². The molecule has 13 heavy (non-hydrogen) atoms. The molecule has 0 radical (unpaired) electrons. The van der Waals surface area contributed by atoms with Gasteiger partial charge in [0.1, 0.15) is 0 Å². The Balaban J connectivity index is 2.17. The second-order valence-corrected chi connectivity index (χ2v) is 6.97. The number of sulfone groups is 1. The summed E-state index contributed by atoms with van der Waals surface area (Å²) in [5, 5.41) is 1.13. The molecule has 0 N–H and O–H groups in total. The molecular formula is C7H12N2O2S2. The van der Waals surface area contributed by atoms with Gasteiger partial charge in [-0.3, -0.25) is 4.99 Å². The average Bonchev–Trinajstić information content (AvgIpc) is 2.39. The number of amidine groups is 1. The van der Waals surface area contributed by atoms with Crippen molar-refractivity contribution in [2.24, 2.45) is 4.99 Å². The van der Waals surface area contributed by atoms with Gasteiger partial charge in [0.2, 0.25) is 0 Å². The Morgan fingerprint density at radius 1 is 1.46 bits per heavy atom. The number of aliphatic imine (C=N–C) groups is 1. The third kappa shape index (κ3) is 1.69.